The molecule has 1 fully saturated rings. The number of alkyl halides is 1. The van der Waals surface area contributed by atoms with Crippen LogP contribution < -0.4 is 4.74 Å². The summed E-state index contributed by atoms with van der Waals surface area (Å²) in [4.78, 5) is 24.9. The molecule has 0 radical (unpaired) electrons. The molecule has 1 aromatic rings. The number of carbonyl (C=O) groups is 2. The topological polar surface area (TPSA) is 65.1 Å². The van der Waals surface area contributed by atoms with Crippen molar-refractivity contribution >= 4 is 11.9 Å². The van der Waals surface area contributed by atoms with Gasteiger partial charge in [-0.05, 0) is 51.5 Å². The van der Waals surface area contributed by atoms with Crippen LogP contribution in [-0.2, 0) is 14.3 Å². The number of benzene rings is 1. The zero-order valence-corrected chi connectivity index (χ0v) is 15.0. The summed E-state index contributed by atoms with van der Waals surface area (Å²) in [5, 5.41) is 0. The lowest BCUT2D eigenvalue weighted by Crippen LogP contribution is -2.50. The number of carbonyl (C=O) groups excluding carboxylic acids is 2. The van der Waals surface area contributed by atoms with Crippen LogP contribution in [0.25, 0.3) is 0 Å². The second-order valence-corrected chi connectivity index (χ2v) is 6.92. The first-order chi connectivity index (χ1) is 11.7. The van der Waals surface area contributed by atoms with Crippen molar-refractivity contribution in [3.63, 3.8) is 0 Å². The quantitative estimate of drug-likeness (QED) is 0.599. The SMILES string of the molecule is COC(=O)c1ccc(OCN2CCCC2(F)C(=O)OC(C)(C)C)cc1. The number of methoxy groups -OCH3 is 1. The lowest BCUT2D eigenvalue weighted by atomic mass is 10.1. The molecule has 25 heavy (non-hydrogen) atoms. The fourth-order valence-corrected chi connectivity index (χ4v) is 2.55. The number of hydrogen-bond acceptors (Lipinski definition) is 6. The Labute approximate surface area is 146 Å². The molecule has 1 aliphatic heterocycles. The Morgan fingerprint density at radius 3 is 2.44 bits per heavy atom. The molecule has 0 saturated carbocycles. The molecule has 1 heterocycles. The van der Waals surface area contributed by atoms with E-state index in [9.17, 15) is 9.59 Å². The molecule has 1 aliphatic rings. The molecule has 0 bridgehead atoms. The van der Waals surface area contributed by atoms with Crippen molar-refractivity contribution in [2.45, 2.75) is 45.0 Å². The van der Waals surface area contributed by atoms with E-state index in [-0.39, 0.29) is 13.2 Å². The van der Waals surface area contributed by atoms with Gasteiger partial charge in [-0.2, -0.15) is 0 Å². The predicted octanol–water partition coefficient (Wildman–Crippen LogP) is 2.91. The molecule has 1 atom stereocenters. The van der Waals surface area contributed by atoms with Crippen molar-refractivity contribution in [2.75, 3.05) is 20.4 Å². The largest absolute Gasteiger partial charge is 0.478 e. The fraction of sp³-hybridized carbons (Fsp3) is 0.556. The first-order valence-corrected chi connectivity index (χ1v) is 8.14. The van der Waals surface area contributed by atoms with E-state index in [1.807, 2.05) is 0 Å². The zero-order valence-electron chi connectivity index (χ0n) is 15.0. The van der Waals surface area contributed by atoms with Gasteiger partial charge < -0.3 is 14.2 Å². The van der Waals surface area contributed by atoms with Gasteiger partial charge in [-0.25, -0.2) is 18.9 Å². The Hall–Kier alpha value is -2.15. The maximum Gasteiger partial charge on any atom is 0.360 e. The Balaban J connectivity index is 1.99. The Bertz CT molecular complexity index is 625. The van der Waals surface area contributed by atoms with Crippen molar-refractivity contribution in [1.29, 1.82) is 0 Å². The maximum atomic E-state index is 15.1. The third-order valence-corrected chi connectivity index (χ3v) is 3.81. The highest BCUT2D eigenvalue weighted by Crippen LogP contribution is 2.33. The van der Waals surface area contributed by atoms with Gasteiger partial charge in [0.25, 0.3) is 5.79 Å². The molecular formula is C18H24FNO5. The molecule has 0 aliphatic carbocycles. The number of nitrogens with zero attached hydrogens (tertiary/aromatic N) is 1. The first-order valence-electron chi connectivity index (χ1n) is 8.14. The van der Waals surface area contributed by atoms with Gasteiger partial charge in [-0.3, -0.25) is 0 Å². The third-order valence-electron chi connectivity index (χ3n) is 3.81. The molecule has 1 saturated heterocycles. The van der Waals surface area contributed by atoms with E-state index >= 15 is 4.39 Å². The summed E-state index contributed by atoms with van der Waals surface area (Å²) in [7, 11) is 1.30. The van der Waals surface area contributed by atoms with Crippen molar-refractivity contribution < 1.29 is 28.2 Å². The number of esters is 2. The summed E-state index contributed by atoms with van der Waals surface area (Å²) in [5.41, 5.74) is -0.362. The average Bonchev–Trinajstić information content (AvgIpc) is 2.93. The molecule has 1 unspecified atom stereocenters. The van der Waals surface area contributed by atoms with Gasteiger partial charge in [-0.1, -0.05) is 0 Å². The number of hydrogen-bond donors (Lipinski definition) is 0. The third kappa shape index (κ3) is 4.69. The summed E-state index contributed by atoms with van der Waals surface area (Å²) < 4.78 is 30.5. The van der Waals surface area contributed by atoms with E-state index in [0.29, 0.717) is 24.3 Å². The molecule has 0 aromatic heterocycles. The zero-order chi connectivity index (χ0) is 18.7. The standard InChI is InChI=1S/C18H24FNO5/c1-17(2,3)25-16(22)18(19)10-5-11-20(18)12-24-14-8-6-13(7-9-14)15(21)23-4/h6-9H,5,10-12H2,1-4H3. The van der Waals surface area contributed by atoms with E-state index in [4.69, 9.17) is 9.47 Å². The van der Waals surface area contributed by atoms with Gasteiger partial charge >= 0.3 is 11.9 Å². The summed E-state index contributed by atoms with van der Waals surface area (Å²) in [6.07, 6.45) is 0.618. The van der Waals surface area contributed by atoms with Gasteiger partial charge in [0.2, 0.25) is 0 Å². The number of likely N-dealkylation sites (tertiary alicyclic amines) is 1. The lowest BCUT2D eigenvalue weighted by Gasteiger charge is -2.31. The van der Waals surface area contributed by atoms with Crippen LogP contribution in [0.4, 0.5) is 4.39 Å². The van der Waals surface area contributed by atoms with E-state index in [2.05, 4.69) is 4.74 Å². The monoisotopic (exact) mass is 353 g/mol. The second kappa shape index (κ2) is 7.39. The minimum Gasteiger partial charge on any atom is -0.478 e. The number of rotatable bonds is 5. The summed E-state index contributed by atoms with van der Waals surface area (Å²) in [6, 6.07) is 6.30. The normalized spacial score (nSPS) is 21.0. The average molecular weight is 353 g/mol. The Morgan fingerprint density at radius 2 is 1.88 bits per heavy atom. The second-order valence-electron chi connectivity index (χ2n) is 6.92. The summed E-state index contributed by atoms with van der Waals surface area (Å²) in [5.74, 6) is -3.05. The van der Waals surface area contributed by atoms with Gasteiger partial charge in [0.05, 0.1) is 12.7 Å². The molecular weight excluding hydrogens is 329 g/mol. The van der Waals surface area contributed by atoms with Crippen LogP contribution in [0, 0.1) is 0 Å². The van der Waals surface area contributed by atoms with Crippen LogP contribution >= 0.6 is 0 Å². The first kappa shape index (κ1) is 19.2. The molecule has 0 amide bonds. The molecule has 1 aromatic carbocycles. The predicted molar refractivity (Wildman–Crippen MR) is 88.9 cm³/mol. The highest BCUT2D eigenvalue weighted by Gasteiger charge is 2.51. The van der Waals surface area contributed by atoms with E-state index in [1.165, 1.54) is 12.0 Å². The summed E-state index contributed by atoms with van der Waals surface area (Å²) in [6.45, 7) is 5.41. The Morgan fingerprint density at radius 1 is 1.24 bits per heavy atom. The van der Waals surface area contributed by atoms with Gasteiger partial charge in [0.1, 0.15) is 18.1 Å². The summed E-state index contributed by atoms with van der Waals surface area (Å²) >= 11 is 0. The minimum atomic E-state index is -2.18. The van der Waals surface area contributed by atoms with E-state index < -0.39 is 23.3 Å². The maximum absolute atomic E-state index is 15.1. The van der Waals surface area contributed by atoms with Crippen molar-refractivity contribution in [2.24, 2.45) is 0 Å². The molecule has 6 nitrogen and oxygen atoms in total. The van der Waals surface area contributed by atoms with Gasteiger partial charge in [-0.15, -0.1) is 0 Å². The van der Waals surface area contributed by atoms with Gasteiger partial charge in [0, 0.05) is 13.0 Å². The molecule has 7 heteroatoms. The molecule has 2 rings (SSSR count). The van der Waals surface area contributed by atoms with E-state index in [1.54, 1.807) is 45.0 Å². The highest BCUT2D eigenvalue weighted by atomic mass is 19.1. The van der Waals surface area contributed by atoms with Gasteiger partial charge in [0.15, 0.2) is 0 Å². The number of ether oxygens (including phenoxy) is 3. The molecule has 0 N–H and O–H groups in total. The number of halogens is 1. The smallest absolute Gasteiger partial charge is 0.360 e. The van der Waals surface area contributed by atoms with Crippen molar-refractivity contribution in [1.82, 2.24) is 4.90 Å². The van der Waals surface area contributed by atoms with Crippen LogP contribution in [0.5, 0.6) is 5.75 Å². The van der Waals surface area contributed by atoms with E-state index in [0.717, 1.165) is 0 Å². The van der Waals surface area contributed by atoms with Crippen LogP contribution in [0.2, 0.25) is 0 Å². The van der Waals surface area contributed by atoms with Crippen molar-refractivity contribution in [3.8, 4) is 5.75 Å². The van der Waals surface area contributed by atoms with Crippen molar-refractivity contribution in [3.05, 3.63) is 29.8 Å². The Kier molecular flexibility index (Phi) is 5.67. The van der Waals surface area contributed by atoms with Crippen LogP contribution in [0.3, 0.4) is 0 Å². The van der Waals surface area contributed by atoms with Crippen LogP contribution in [0.1, 0.15) is 44.0 Å². The fourth-order valence-electron chi connectivity index (χ4n) is 2.55. The van der Waals surface area contributed by atoms with Crippen LogP contribution in [0.15, 0.2) is 24.3 Å². The minimum absolute atomic E-state index is 0.0759. The highest BCUT2D eigenvalue weighted by molar-refractivity contribution is 5.89. The lowest BCUT2D eigenvalue weighted by molar-refractivity contribution is -0.184. The molecule has 138 valence electrons. The molecule has 0 spiro atoms. The van der Waals surface area contributed by atoms with Crippen LogP contribution in [-0.4, -0.2) is 48.6 Å².